The van der Waals surface area contributed by atoms with Crippen LogP contribution in [0.1, 0.15) is 17.2 Å². The molecule has 1 atom stereocenters. The fourth-order valence-corrected chi connectivity index (χ4v) is 2.30. The highest BCUT2D eigenvalue weighted by molar-refractivity contribution is 9.09. The zero-order valence-corrected chi connectivity index (χ0v) is 13.1. The maximum atomic E-state index is 9.84. The van der Waals surface area contributed by atoms with Gasteiger partial charge < -0.3 is 20.3 Å². The second-order valence-corrected chi connectivity index (χ2v) is 5.18. The largest absolute Gasteiger partial charge is 0.487 e. The molecule has 5 heteroatoms. The number of aliphatic hydroxyl groups excluding tert-OH is 2. The summed E-state index contributed by atoms with van der Waals surface area (Å²) in [6, 6.07) is 15.2. The molecule has 112 valence electrons. The molecule has 0 amide bonds. The van der Waals surface area contributed by atoms with Crippen LogP contribution in [0.4, 0.5) is 5.69 Å². The van der Waals surface area contributed by atoms with Gasteiger partial charge in [0.05, 0.1) is 11.8 Å². The predicted molar refractivity (Wildman–Crippen MR) is 86.7 cm³/mol. The average molecular weight is 352 g/mol. The van der Waals surface area contributed by atoms with Crippen LogP contribution in [0.2, 0.25) is 0 Å². The average Bonchev–Trinajstić information content (AvgIpc) is 2.54. The van der Waals surface area contributed by atoms with E-state index in [1.54, 1.807) is 12.1 Å². The Kier molecular flexibility index (Phi) is 6.04. The molecule has 0 spiro atoms. The van der Waals surface area contributed by atoms with E-state index in [0.29, 0.717) is 23.4 Å². The van der Waals surface area contributed by atoms with E-state index < -0.39 is 6.10 Å². The highest BCUT2D eigenvalue weighted by Gasteiger charge is 2.10. The Hall–Kier alpha value is -1.56. The summed E-state index contributed by atoms with van der Waals surface area (Å²) < 4.78 is 5.78. The highest BCUT2D eigenvalue weighted by Crippen LogP contribution is 2.29. The van der Waals surface area contributed by atoms with Crippen molar-refractivity contribution in [3.8, 4) is 5.75 Å². The van der Waals surface area contributed by atoms with E-state index in [1.165, 1.54) is 0 Å². The maximum Gasteiger partial charge on any atom is 0.142 e. The fraction of sp³-hybridized carbons (Fsp3) is 0.250. The minimum Gasteiger partial charge on any atom is -0.487 e. The molecule has 4 nitrogen and oxygen atoms in total. The second-order valence-electron chi connectivity index (χ2n) is 4.53. The smallest absolute Gasteiger partial charge is 0.142 e. The number of hydrogen-bond donors (Lipinski definition) is 3. The molecule has 2 aromatic rings. The number of aliphatic hydroxyl groups is 2. The van der Waals surface area contributed by atoms with Crippen molar-refractivity contribution in [3.05, 3.63) is 59.7 Å². The molecule has 0 saturated carbocycles. The molecule has 0 bridgehead atoms. The molecule has 0 heterocycles. The summed E-state index contributed by atoms with van der Waals surface area (Å²) in [5.74, 6) is 0.637. The van der Waals surface area contributed by atoms with Crippen molar-refractivity contribution in [1.82, 2.24) is 0 Å². The van der Waals surface area contributed by atoms with E-state index in [-0.39, 0.29) is 6.73 Å². The van der Waals surface area contributed by atoms with Crippen LogP contribution in [0.3, 0.4) is 0 Å². The normalized spacial score (nSPS) is 12.0. The predicted octanol–water partition coefficient (Wildman–Crippen LogP) is 3.06. The molecule has 0 unspecified atom stereocenters. The quantitative estimate of drug-likeness (QED) is 0.530. The number of anilines is 1. The number of rotatable bonds is 7. The topological polar surface area (TPSA) is 61.7 Å². The lowest BCUT2D eigenvalue weighted by molar-refractivity contribution is 0.205. The summed E-state index contributed by atoms with van der Waals surface area (Å²) in [7, 11) is 0. The minimum atomic E-state index is -0.590. The Bertz CT molecular complexity index is 563. The standard InChI is InChI=1S/C16H18BrNO3/c17-9-15(20)13-6-7-16(14(8-13)18-11-19)21-10-12-4-2-1-3-5-12/h1-8,15,18-20H,9-11H2/t15-/m0/s1. The zero-order chi connectivity index (χ0) is 15.1. The Morgan fingerprint density at radius 2 is 1.90 bits per heavy atom. The molecule has 3 N–H and O–H groups in total. The number of alkyl halides is 1. The van der Waals surface area contributed by atoms with Crippen LogP contribution < -0.4 is 10.1 Å². The van der Waals surface area contributed by atoms with Crippen molar-refractivity contribution in [2.75, 3.05) is 17.4 Å². The van der Waals surface area contributed by atoms with Gasteiger partial charge in [0.2, 0.25) is 0 Å². The maximum absolute atomic E-state index is 9.84. The van der Waals surface area contributed by atoms with Gasteiger partial charge in [-0.15, -0.1) is 0 Å². The minimum absolute atomic E-state index is 0.199. The zero-order valence-electron chi connectivity index (χ0n) is 11.5. The summed E-state index contributed by atoms with van der Waals surface area (Å²) in [6.07, 6.45) is -0.590. The Morgan fingerprint density at radius 3 is 2.57 bits per heavy atom. The van der Waals surface area contributed by atoms with E-state index in [0.717, 1.165) is 11.1 Å². The number of benzene rings is 2. The molecular weight excluding hydrogens is 334 g/mol. The molecule has 0 aliphatic rings. The Morgan fingerprint density at radius 1 is 1.14 bits per heavy atom. The molecule has 0 aliphatic carbocycles. The lowest BCUT2D eigenvalue weighted by Crippen LogP contribution is -2.06. The molecule has 0 aliphatic heterocycles. The van der Waals surface area contributed by atoms with Gasteiger partial charge in [-0.25, -0.2) is 0 Å². The first-order valence-corrected chi connectivity index (χ1v) is 7.76. The van der Waals surface area contributed by atoms with E-state index in [9.17, 15) is 5.11 Å². The van der Waals surface area contributed by atoms with E-state index >= 15 is 0 Å². The Balaban J connectivity index is 2.14. The second kappa shape index (κ2) is 8.02. The summed E-state index contributed by atoms with van der Waals surface area (Å²) >= 11 is 3.24. The van der Waals surface area contributed by atoms with Gasteiger partial charge in [0.25, 0.3) is 0 Å². The van der Waals surface area contributed by atoms with Crippen molar-refractivity contribution < 1.29 is 14.9 Å². The summed E-state index contributed by atoms with van der Waals surface area (Å²) in [4.78, 5) is 0. The van der Waals surface area contributed by atoms with Gasteiger partial charge in [0, 0.05) is 5.33 Å². The van der Waals surface area contributed by atoms with Gasteiger partial charge in [-0.2, -0.15) is 0 Å². The van der Waals surface area contributed by atoms with Gasteiger partial charge >= 0.3 is 0 Å². The molecule has 0 saturated heterocycles. The molecule has 21 heavy (non-hydrogen) atoms. The number of halogens is 1. The van der Waals surface area contributed by atoms with Gasteiger partial charge in [0.1, 0.15) is 19.1 Å². The third kappa shape index (κ3) is 4.46. The monoisotopic (exact) mass is 351 g/mol. The van der Waals surface area contributed by atoms with Crippen LogP contribution in [-0.4, -0.2) is 22.3 Å². The molecule has 2 aromatic carbocycles. The van der Waals surface area contributed by atoms with Gasteiger partial charge in [0.15, 0.2) is 0 Å². The van der Waals surface area contributed by atoms with Crippen LogP contribution in [0.5, 0.6) is 5.75 Å². The van der Waals surface area contributed by atoms with Crippen LogP contribution >= 0.6 is 15.9 Å². The Labute approximate surface area is 132 Å². The van der Waals surface area contributed by atoms with Crippen LogP contribution in [0.25, 0.3) is 0 Å². The van der Waals surface area contributed by atoms with Crippen LogP contribution in [0, 0.1) is 0 Å². The first-order valence-electron chi connectivity index (χ1n) is 6.64. The third-order valence-electron chi connectivity index (χ3n) is 3.04. The van der Waals surface area contributed by atoms with E-state index in [2.05, 4.69) is 21.2 Å². The van der Waals surface area contributed by atoms with Crippen molar-refractivity contribution >= 4 is 21.6 Å². The lowest BCUT2D eigenvalue weighted by atomic mass is 10.1. The molecular formula is C16H18BrNO3. The van der Waals surface area contributed by atoms with Crippen molar-refractivity contribution in [2.45, 2.75) is 12.7 Å². The number of ether oxygens (including phenoxy) is 1. The summed E-state index contributed by atoms with van der Waals surface area (Å²) in [5, 5.41) is 22.2. The summed E-state index contributed by atoms with van der Waals surface area (Å²) in [5.41, 5.74) is 2.48. The SMILES string of the molecule is OCNc1cc([C@@H](O)CBr)ccc1OCc1ccccc1. The van der Waals surface area contributed by atoms with Gasteiger partial charge in [-0.05, 0) is 23.3 Å². The molecule has 0 fully saturated rings. The van der Waals surface area contributed by atoms with Gasteiger partial charge in [-0.1, -0.05) is 52.3 Å². The summed E-state index contributed by atoms with van der Waals surface area (Å²) in [6.45, 7) is 0.247. The van der Waals surface area contributed by atoms with E-state index in [4.69, 9.17) is 9.84 Å². The van der Waals surface area contributed by atoms with E-state index in [1.807, 2.05) is 36.4 Å². The van der Waals surface area contributed by atoms with Crippen molar-refractivity contribution in [3.63, 3.8) is 0 Å². The van der Waals surface area contributed by atoms with Crippen molar-refractivity contribution in [2.24, 2.45) is 0 Å². The van der Waals surface area contributed by atoms with Crippen molar-refractivity contribution in [1.29, 1.82) is 0 Å². The van der Waals surface area contributed by atoms with Crippen LogP contribution in [-0.2, 0) is 6.61 Å². The number of hydrogen-bond acceptors (Lipinski definition) is 4. The first kappa shape index (κ1) is 15.8. The lowest BCUT2D eigenvalue weighted by Gasteiger charge is -2.15. The highest BCUT2D eigenvalue weighted by atomic mass is 79.9. The fourth-order valence-electron chi connectivity index (χ4n) is 1.93. The first-order chi connectivity index (χ1) is 10.2. The van der Waals surface area contributed by atoms with Gasteiger partial charge in [-0.3, -0.25) is 0 Å². The molecule has 0 aromatic heterocycles. The third-order valence-corrected chi connectivity index (χ3v) is 3.65. The molecule has 0 radical (unpaired) electrons. The molecule has 2 rings (SSSR count). The van der Waals surface area contributed by atoms with Crippen LogP contribution in [0.15, 0.2) is 48.5 Å². The number of nitrogens with one attached hydrogen (secondary N) is 1.